The highest BCUT2D eigenvalue weighted by Gasteiger charge is 2.33. The van der Waals surface area contributed by atoms with Crippen LogP contribution < -0.4 is 14.5 Å². The van der Waals surface area contributed by atoms with Crippen LogP contribution in [0.25, 0.3) is 6.08 Å². The summed E-state index contributed by atoms with van der Waals surface area (Å²) in [6.07, 6.45) is -2.95. The number of carbonyl (C=O) groups excluding carboxylic acids is 1. The lowest BCUT2D eigenvalue weighted by atomic mass is 10.1. The molecule has 0 aromatic heterocycles. The van der Waals surface area contributed by atoms with E-state index in [1.165, 1.54) is 12.1 Å². The van der Waals surface area contributed by atoms with E-state index < -0.39 is 17.6 Å². The van der Waals surface area contributed by atoms with Crippen molar-refractivity contribution < 1.29 is 27.4 Å². The first-order valence-corrected chi connectivity index (χ1v) is 9.91. The number of ether oxygens (including phenoxy) is 2. The molecule has 1 aliphatic rings. The molecule has 1 heterocycles. The summed E-state index contributed by atoms with van der Waals surface area (Å²) in [4.78, 5) is 12.9. The summed E-state index contributed by atoms with van der Waals surface area (Å²) in [5, 5.41) is 5.41. The van der Waals surface area contributed by atoms with Gasteiger partial charge >= 0.3 is 6.18 Å². The quantitative estimate of drug-likeness (QED) is 0.508. The molecule has 0 bridgehead atoms. The van der Waals surface area contributed by atoms with Crippen LogP contribution in [-0.2, 0) is 11.0 Å². The molecule has 1 amide bonds. The Hall–Kier alpha value is -3.00. The van der Waals surface area contributed by atoms with E-state index in [0.717, 1.165) is 17.1 Å². The van der Waals surface area contributed by atoms with Crippen LogP contribution in [0.5, 0.6) is 11.5 Å². The van der Waals surface area contributed by atoms with Gasteiger partial charge in [0, 0.05) is 0 Å². The van der Waals surface area contributed by atoms with E-state index in [9.17, 15) is 18.0 Å². The van der Waals surface area contributed by atoms with Crippen molar-refractivity contribution in [2.75, 3.05) is 18.2 Å². The molecule has 3 rings (SSSR count). The minimum Gasteiger partial charge on any atom is -0.490 e. The van der Waals surface area contributed by atoms with Crippen molar-refractivity contribution in [1.82, 2.24) is 0 Å². The number of halogens is 4. The largest absolute Gasteiger partial charge is 0.490 e. The van der Waals surface area contributed by atoms with Crippen LogP contribution in [0.1, 0.15) is 31.9 Å². The monoisotopic (exact) mass is 452 g/mol. The fourth-order valence-corrected chi connectivity index (χ4v) is 3.33. The van der Waals surface area contributed by atoms with Gasteiger partial charge in [-0.3, -0.25) is 4.79 Å². The van der Waals surface area contributed by atoms with Crippen LogP contribution in [0, 0.1) is 0 Å². The van der Waals surface area contributed by atoms with Crippen LogP contribution >= 0.6 is 11.6 Å². The third-order valence-electron chi connectivity index (χ3n) is 4.41. The number of anilines is 1. The van der Waals surface area contributed by atoms with Crippen molar-refractivity contribution in [2.24, 2.45) is 5.10 Å². The van der Waals surface area contributed by atoms with E-state index in [2.05, 4.69) is 5.10 Å². The Bertz CT molecular complexity index is 1060. The SMILES string of the molecule is CCOc1cc(C=C2C(=O)N(c3cccc(C(F)(F)F)c3)N=C2C)cc(Cl)c1OCC. The van der Waals surface area contributed by atoms with Crippen molar-refractivity contribution >= 4 is 35.0 Å². The normalized spacial score (nSPS) is 15.5. The Morgan fingerprint density at radius 2 is 1.84 bits per heavy atom. The van der Waals surface area contributed by atoms with Gasteiger partial charge in [-0.1, -0.05) is 17.7 Å². The van der Waals surface area contributed by atoms with E-state index in [0.29, 0.717) is 41.0 Å². The molecular formula is C22H20ClF3N2O3. The number of hydrogen-bond donors (Lipinski definition) is 0. The number of hydrogen-bond acceptors (Lipinski definition) is 4. The zero-order valence-corrected chi connectivity index (χ0v) is 17.8. The molecule has 0 unspecified atom stereocenters. The molecule has 2 aromatic carbocycles. The van der Waals surface area contributed by atoms with Gasteiger partial charge in [-0.2, -0.15) is 23.3 Å². The molecule has 0 fully saturated rings. The summed E-state index contributed by atoms with van der Waals surface area (Å²) in [5.41, 5.74) is 0.344. The van der Waals surface area contributed by atoms with Crippen LogP contribution in [0.3, 0.4) is 0 Å². The highest BCUT2D eigenvalue weighted by atomic mass is 35.5. The Morgan fingerprint density at radius 3 is 2.48 bits per heavy atom. The number of amides is 1. The average Bonchev–Trinajstić information content (AvgIpc) is 2.98. The molecule has 0 atom stereocenters. The number of rotatable bonds is 6. The van der Waals surface area contributed by atoms with Gasteiger partial charge in [0.2, 0.25) is 0 Å². The first-order valence-electron chi connectivity index (χ1n) is 9.53. The zero-order chi connectivity index (χ0) is 22.8. The molecule has 0 radical (unpaired) electrons. The van der Waals surface area contributed by atoms with Gasteiger partial charge in [-0.25, -0.2) is 0 Å². The predicted octanol–water partition coefficient (Wildman–Crippen LogP) is 5.96. The van der Waals surface area contributed by atoms with Gasteiger partial charge < -0.3 is 9.47 Å². The Balaban J connectivity index is 1.97. The minimum absolute atomic E-state index is 0.0299. The Morgan fingerprint density at radius 1 is 1.13 bits per heavy atom. The van der Waals surface area contributed by atoms with Crippen LogP contribution in [-0.4, -0.2) is 24.8 Å². The number of hydrazone groups is 1. The fourth-order valence-electron chi connectivity index (χ4n) is 3.06. The van der Waals surface area contributed by atoms with Crippen molar-refractivity contribution in [3.05, 3.63) is 58.1 Å². The van der Waals surface area contributed by atoms with Crippen LogP contribution in [0.4, 0.5) is 18.9 Å². The standard InChI is InChI=1S/C22H20ClF3N2O3/c1-4-30-19-11-14(10-18(23)20(19)31-5-2)9-17-13(3)27-28(21(17)29)16-8-6-7-15(12-16)22(24,25)26/h6-12H,4-5H2,1-3H3. The molecule has 31 heavy (non-hydrogen) atoms. The smallest absolute Gasteiger partial charge is 0.416 e. The van der Waals surface area contributed by atoms with Crippen LogP contribution in [0.15, 0.2) is 47.1 Å². The Labute approximate surface area is 182 Å². The summed E-state index contributed by atoms with van der Waals surface area (Å²) >= 11 is 6.33. The molecule has 0 N–H and O–H groups in total. The average molecular weight is 453 g/mol. The summed E-state index contributed by atoms with van der Waals surface area (Å²) < 4.78 is 50.2. The Kier molecular flexibility index (Phi) is 6.59. The van der Waals surface area contributed by atoms with Crippen molar-refractivity contribution in [3.8, 4) is 11.5 Å². The van der Waals surface area contributed by atoms with E-state index in [1.54, 1.807) is 25.1 Å². The summed E-state index contributed by atoms with van der Waals surface area (Å²) in [6, 6.07) is 7.76. The predicted molar refractivity (Wildman–Crippen MR) is 114 cm³/mol. The molecule has 0 saturated heterocycles. The van der Waals surface area contributed by atoms with E-state index in [4.69, 9.17) is 21.1 Å². The van der Waals surface area contributed by atoms with Crippen molar-refractivity contribution in [3.63, 3.8) is 0 Å². The first kappa shape index (κ1) is 22.7. The van der Waals surface area contributed by atoms with E-state index >= 15 is 0 Å². The van der Waals surface area contributed by atoms with Gasteiger partial charge in [-0.05, 0) is 62.7 Å². The summed E-state index contributed by atoms with van der Waals surface area (Å²) in [6.45, 7) is 6.03. The maximum Gasteiger partial charge on any atom is 0.416 e. The van der Waals surface area contributed by atoms with Gasteiger partial charge in [-0.15, -0.1) is 0 Å². The van der Waals surface area contributed by atoms with Crippen molar-refractivity contribution in [1.29, 1.82) is 0 Å². The van der Waals surface area contributed by atoms with Gasteiger partial charge in [0.05, 0.1) is 40.8 Å². The molecule has 0 saturated carbocycles. The van der Waals surface area contributed by atoms with Gasteiger partial charge in [0.25, 0.3) is 5.91 Å². The van der Waals surface area contributed by atoms with E-state index in [-0.39, 0.29) is 11.3 Å². The lowest BCUT2D eigenvalue weighted by Crippen LogP contribution is -2.21. The number of carbonyl (C=O) groups is 1. The topological polar surface area (TPSA) is 51.1 Å². The van der Waals surface area contributed by atoms with Gasteiger partial charge in [0.1, 0.15) is 0 Å². The lowest BCUT2D eigenvalue weighted by molar-refractivity contribution is -0.137. The molecule has 1 aliphatic heterocycles. The maximum absolute atomic E-state index is 13.0. The maximum atomic E-state index is 13.0. The minimum atomic E-state index is -4.52. The molecule has 164 valence electrons. The lowest BCUT2D eigenvalue weighted by Gasteiger charge is -2.15. The zero-order valence-electron chi connectivity index (χ0n) is 17.1. The van der Waals surface area contributed by atoms with Crippen LogP contribution in [0.2, 0.25) is 5.02 Å². The second-order valence-corrected chi connectivity index (χ2v) is 7.01. The first-order chi connectivity index (χ1) is 14.7. The van der Waals surface area contributed by atoms with Gasteiger partial charge in [0.15, 0.2) is 11.5 Å². The fraction of sp³-hybridized carbons (Fsp3) is 0.273. The number of alkyl halides is 3. The molecular weight excluding hydrogens is 433 g/mol. The summed E-state index contributed by atoms with van der Waals surface area (Å²) in [7, 11) is 0. The third-order valence-corrected chi connectivity index (χ3v) is 4.69. The van der Waals surface area contributed by atoms with E-state index in [1.807, 2.05) is 13.8 Å². The number of benzene rings is 2. The second-order valence-electron chi connectivity index (χ2n) is 6.60. The molecule has 9 heteroatoms. The highest BCUT2D eigenvalue weighted by molar-refractivity contribution is 6.33. The van der Waals surface area contributed by atoms with Crippen molar-refractivity contribution in [2.45, 2.75) is 26.9 Å². The summed E-state index contributed by atoms with van der Waals surface area (Å²) in [5.74, 6) is 0.292. The number of nitrogens with zero attached hydrogens (tertiary/aromatic N) is 2. The molecule has 0 spiro atoms. The molecule has 0 aliphatic carbocycles. The third kappa shape index (κ3) is 4.85. The molecule has 5 nitrogen and oxygen atoms in total. The second kappa shape index (κ2) is 9.01. The highest BCUT2D eigenvalue weighted by Crippen LogP contribution is 2.38. The molecule has 2 aromatic rings.